The molecule has 0 aliphatic heterocycles. The molecule has 0 saturated carbocycles. The Labute approximate surface area is 266 Å². The van der Waals surface area contributed by atoms with Crippen LogP contribution in [0.2, 0.25) is 0 Å². The molecule has 0 unspecified atom stereocenters. The van der Waals surface area contributed by atoms with Gasteiger partial charge in [0.15, 0.2) is 0 Å². The van der Waals surface area contributed by atoms with Gasteiger partial charge >= 0.3 is 0 Å². The molecular formula is C28H58BrNO13. The van der Waals surface area contributed by atoms with E-state index in [1.54, 1.807) is 0 Å². The van der Waals surface area contributed by atoms with Crippen molar-refractivity contribution in [1.82, 2.24) is 0 Å². The van der Waals surface area contributed by atoms with Gasteiger partial charge in [0.25, 0.3) is 0 Å². The summed E-state index contributed by atoms with van der Waals surface area (Å²) in [6.45, 7) is 14.5. The Bertz CT molecular complexity index is 450. The third-order valence-electron chi connectivity index (χ3n) is 4.95. The Balaban J connectivity index is 3.02. The van der Waals surface area contributed by atoms with Crippen LogP contribution in [0.5, 0.6) is 0 Å². The van der Waals surface area contributed by atoms with Crippen LogP contribution in [0, 0.1) is 0 Å². The second kappa shape index (κ2) is 41.9. The van der Waals surface area contributed by atoms with Gasteiger partial charge in [0.2, 0.25) is 0 Å². The zero-order chi connectivity index (χ0) is 31.0. The zero-order valence-corrected chi connectivity index (χ0v) is 27.6. The molecule has 2 N–H and O–H groups in total. The number of ether oxygens (including phenoxy) is 13. The van der Waals surface area contributed by atoms with Gasteiger partial charge < -0.3 is 67.3 Å². The number of halogens is 1. The topological polar surface area (TPSA) is 146 Å². The third kappa shape index (κ3) is 41.9. The van der Waals surface area contributed by atoms with E-state index in [1.165, 1.54) is 0 Å². The van der Waals surface area contributed by atoms with Gasteiger partial charge in [-0.3, -0.25) is 0 Å². The molecule has 0 atom stereocenters. The second-order valence-corrected chi connectivity index (χ2v) is 9.23. The highest BCUT2D eigenvalue weighted by molar-refractivity contribution is 9.09. The lowest BCUT2D eigenvalue weighted by molar-refractivity contribution is -0.0289. The lowest BCUT2D eigenvalue weighted by atomic mass is 10.6. The molecule has 0 saturated heterocycles. The monoisotopic (exact) mass is 695 g/mol. The molecule has 0 amide bonds. The molecule has 260 valence electrons. The Kier molecular flexibility index (Phi) is 41.8. The van der Waals surface area contributed by atoms with E-state index in [2.05, 4.69) is 15.9 Å². The number of nitrogens with two attached hydrogens (primary N) is 1. The van der Waals surface area contributed by atoms with Crippen LogP contribution >= 0.6 is 15.9 Å². The van der Waals surface area contributed by atoms with Crippen molar-refractivity contribution in [2.75, 3.05) is 184 Å². The largest absolute Gasteiger partial charge is 0.378 e. The Hall–Kier alpha value is -0.0800. The Morgan fingerprint density at radius 2 is 0.372 bits per heavy atom. The molecule has 0 radical (unpaired) electrons. The van der Waals surface area contributed by atoms with Gasteiger partial charge in [0, 0.05) is 11.9 Å². The average Bonchev–Trinajstić information content (AvgIpc) is 3.02. The number of alkyl halides is 1. The van der Waals surface area contributed by atoms with E-state index in [1.807, 2.05) is 0 Å². The molecule has 0 fully saturated rings. The second-order valence-electron chi connectivity index (χ2n) is 8.44. The van der Waals surface area contributed by atoms with Crippen molar-refractivity contribution in [3.63, 3.8) is 0 Å². The van der Waals surface area contributed by atoms with Crippen molar-refractivity contribution >= 4 is 15.9 Å². The normalized spacial score (nSPS) is 11.6. The number of hydrogen-bond donors (Lipinski definition) is 1. The summed E-state index contributed by atoms with van der Waals surface area (Å²) in [6, 6.07) is 0. The van der Waals surface area contributed by atoms with Crippen LogP contribution in [-0.2, 0) is 61.6 Å². The van der Waals surface area contributed by atoms with Gasteiger partial charge in [-0.15, -0.1) is 0 Å². The molecule has 0 rings (SSSR count). The molecule has 0 aliphatic rings. The first-order chi connectivity index (χ1) is 21.4. The van der Waals surface area contributed by atoms with Crippen molar-refractivity contribution in [1.29, 1.82) is 0 Å². The molecule has 0 aliphatic carbocycles. The first kappa shape index (κ1) is 42.9. The van der Waals surface area contributed by atoms with E-state index < -0.39 is 0 Å². The van der Waals surface area contributed by atoms with Gasteiger partial charge in [0.1, 0.15) is 0 Å². The van der Waals surface area contributed by atoms with Gasteiger partial charge in [-0.1, -0.05) is 15.9 Å². The van der Waals surface area contributed by atoms with Gasteiger partial charge in [-0.2, -0.15) is 0 Å². The summed E-state index contributed by atoms with van der Waals surface area (Å²) < 4.78 is 70.3. The summed E-state index contributed by atoms with van der Waals surface area (Å²) in [5.74, 6) is 0. The van der Waals surface area contributed by atoms with Crippen LogP contribution in [0.4, 0.5) is 0 Å². The fourth-order valence-electron chi connectivity index (χ4n) is 2.88. The fraction of sp³-hybridized carbons (Fsp3) is 1.00. The highest BCUT2D eigenvalue weighted by atomic mass is 79.9. The smallest absolute Gasteiger partial charge is 0.0701 e. The molecule has 0 aromatic carbocycles. The quantitative estimate of drug-likeness (QED) is 0.0703. The molecule has 0 bridgehead atoms. The van der Waals surface area contributed by atoms with Crippen molar-refractivity contribution in [3.05, 3.63) is 0 Å². The average molecular weight is 697 g/mol. The molecule has 14 nitrogen and oxygen atoms in total. The molecule has 0 heterocycles. The van der Waals surface area contributed by atoms with Crippen LogP contribution in [0.25, 0.3) is 0 Å². The number of hydrogen-bond acceptors (Lipinski definition) is 14. The molecule has 43 heavy (non-hydrogen) atoms. The summed E-state index contributed by atoms with van der Waals surface area (Å²) >= 11 is 3.30. The summed E-state index contributed by atoms with van der Waals surface area (Å²) in [5.41, 5.74) is 5.33. The van der Waals surface area contributed by atoms with Crippen LogP contribution in [0.1, 0.15) is 0 Å². The van der Waals surface area contributed by atoms with E-state index in [0.29, 0.717) is 178 Å². The lowest BCUT2D eigenvalue weighted by Crippen LogP contribution is -2.16. The third-order valence-corrected chi connectivity index (χ3v) is 5.27. The highest BCUT2D eigenvalue weighted by Gasteiger charge is 1.96. The first-order valence-electron chi connectivity index (χ1n) is 15.2. The standard InChI is InChI=1S/C28H58BrNO13/c29-1-3-31-5-7-33-9-11-35-13-15-37-17-19-39-21-23-41-25-27-43-28-26-42-24-22-40-20-18-38-16-14-36-12-10-34-8-6-32-4-2-30/h1-28,30H2. The maximum Gasteiger partial charge on any atom is 0.0701 e. The van der Waals surface area contributed by atoms with E-state index >= 15 is 0 Å². The minimum absolute atomic E-state index is 0.511. The molecular weight excluding hydrogens is 638 g/mol. The van der Waals surface area contributed by atoms with Gasteiger partial charge in [-0.05, 0) is 0 Å². The molecule has 15 heteroatoms. The summed E-state index contributed by atoms with van der Waals surface area (Å²) in [5, 5.41) is 0.837. The van der Waals surface area contributed by atoms with E-state index in [9.17, 15) is 0 Å². The SMILES string of the molecule is NCCOCCOCCOCCOCCOCCOCCOCCOCCOCCOCCOCCOCCOCCBr. The Morgan fingerprint density at radius 1 is 0.233 bits per heavy atom. The molecule has 0 aromatic rings. The van der Waals surface area contributed by atoms with Crippen molar-refractivity contribution in [2.24, 2.45) is 5.73 Å². The Morgan fingerprint density at radius 3 is 0.512 bits per heavy atom. The lowest BCUT2D eigenvalue weighted by Gasteiger charge is -2.09. The highest BCUT2D eigenvalue weighted by Crippen LogP contribution is 1.88. The van der Waals surface area contributed by atoms with Crippen LogP contribution in [-0.4, -0.2) is 184 Å². The van der Waals surface area contributed by atoms with E-state index in [0.717, 1.165) is 5.33 Å². The summed E-state index contributed by atoms with van der Waals surface area (Å²) in [6.07, 6.45) is 0. The first-order valence-corrected chi connectivity index (χ1v) is 16.3. The van der Waals surface area contributed by atoms with E-state index in [4.69, 9.17) is 67.3 Å². The maximum absolute atomic E-state index is 5.47. The van der Waals surface area contributed by atoms with Gasteiger partial charge in [-0.25, -0.2) is 0 Å². The zero-order valence-electron chi connectivity index (χ0n) is 26.1. The maximum atomic E-state index is 5.47. The van der Waals surface area contributed by atoms with Crippen molar-refractivity contribution in [2.45, 2.75) is 0 Å². The van der Waals surface area contributed by atoms with Crippen molar-refractivity contribution in [3.8, 4) is 0 Å². The molecule has 0 spiro atoms. The van der Waals surface area contributed by atoms with Crippen LogP contribution in [0.15, 0.2) is 0 Å². The van der Waals surface area contributed by atoms with Crippen LogP contribution in [0.3, 0.4) is 0 Å². The fourth-order valence-corrected chi connectivity index (χ4v) is 3.11. The predicted octanol–water partition coefficient (Wildman–Crippen LogP) is 0.556. The molecule has 0 aromatic heterocycles. The van der Waals surface area contributed by atoms with Crippen LogP contribution < -0.4 is 5.73 Å². The van der Waals surface area contributed by atoms with Crippen molar-refractivity contribution < 1.29 is 61.6 Å². The minimum atomic E-state index is 0.511. The summed E-state index contributed by atoms with van der Waals surface area (Å²) in [7, 11) is 0. The number of rotatable bonds is 40. The predicted molar refractivity (Wildman–Crippen MR) is 163 cm³/mol. The summed E-state index contributed by atoms with van der Waals surface area (Å²) in [4.78, 5) is 0. The van der Waals surface area contributed by atoms with Gasteiger partial charge in [0.05, 0.1) is 172 Å². The van der Waals surface area contributed by atoms with E-state index in [-0.39, 0.29) is 0 Å². The minimum Gasteiger partial charge on any atom is -0.378 e.